The predicted octanol–water partition coefficient (Wildman–Crippen LogP) is 2.30. The molecule has 0 saturated carbocycles. The van der Waals surface area contributed by atoms with Gasteiger partial charge in [-0.1, -0.05) is 12.1 Å². The van der Waals surface area contributed by atoms with Crippen molar-refractivity contribution in [2.75, 3.05) is 0 Å². The van der Waals surface area contributed by atoms with E-state index in [-0.39, 0.29) is 16.9 Å². The molecular weight excluding hydrogens is 460 g/mol. The Morgan fingerprint density at radius 3 is 2.30 bits per heavy atom. The van der Waals surface area contributed by atoms with E-state index in [0.29, 0.717) is 4.68 Å². The maximum atomic E-state index is 13.8. The van der Waals surface area contributed by atoms with Crippen molar-refractivity contribution >= 4 is 5.91 Å². The lowest BCUT2D eigenvalue weighted by Gasteiger charge is -2.16. The number of aryl methyl sites for hydroxylation is 1. The lowest BCUT2D eigenvalue weighted by Crippen LogP contribution is -2.45. The zero-order chi connectivity index (χ0) is 24.5. The Bertz CT molecular complexity index is 1210. The van der Waals surface area contributed by atoms with Crippen LogP contribution in [0.3, 0.4) is 0 Å². The lowest BCUT2D eigenvalue weighted by molar-refractivity contribution is -0.137. The first-order chi connectivity index (χ1) is 15.4. The van der Waals surface area contributed by atoms with Crippen LogP contribution in [0.5, 0.6) is 0 Å². The van der Waals surface area contributed by atoms with Crippen molar-refractivity contribution in [1.29, 1.82) is 0 Å². The molecule has 0 aliphatic carbocycles. The maximum Gasteiger partial charge on any atom is 0.416 e. The van der Waals surface area contributed by atoms with E-state index in [0.717, 1.165) is 30.3 Å². The highest BCUT2D eigenvalue weighted by Gasteiger charge is 2.31. The molecule has 0 aliphatic heterocycles. The van der Waals surface area contributed by atoms with Crippen molar-refractivity contribution in [1.82, 2.24) is 24.9 Å². The molecule has 0 fully saturated rings. The molecule has 0 radical (unpaired) electrons. The quantitative estimate of drug-likeness (QED) is 0.421. The molecule has 33 heavy (non-hydrogen) atoms. The highest BCUT2D eigenvalue weighted by atomic mass is 19.4. The van der Waals surface area contributed by atoms with Crippen molar-refractivity contribution in [3.05, 3.63) is 64.2 Å². The number of alkyl halides is 6. The summed E-state index contributed by atoms with van der Waals surface area (Å²) in [7, 11) is 1.52. The molecule has 8 nitrogen and oxygen atoms in total. The van der Waals surface area contributed by atoms with Crippen LogP contribution in [-0.2, 0) is 13.2 Å². The summed E-state index contributed by atoms with van der Waals surface area (Å²) in [6.07, 6.45) is -11.3. The number of rotatable bonds is 6. The summed E-state index contributed by atoms with van der Waals surface area (Å²) in [5.41, 5.74) is -2.82. The molecule has 0 aliphatic rings. The molecule has 2 unspecified atom stereocenters. The van der Waals surface area contributed by atoms with Crippen molar-refractivity contribution in [2.24, 2.45) is 7.05 Å². The van der Waals surface area contributed by atoms with Crippen LogP contribution in [0.1, 0.15) is 15.9 Å². The average Bonchev–Trinajstić information content (AvgIpc) is 3.18. The first-order valence-electron chi connectivity index (χ1n) is 9.10. The van der Waals surface area contributed by atoms with Crippen LogP contribution in [0.2, 0.25) is 0 Å². The minimum absolute atomic E-state index is 0.0646. The number of hydrogen-bond donors (Lipinski definition) is 2. The summed E-state index contributed by atoms with van der Waals surface area (Å²) in [6, 6.07) is 4.47. The van der Waals surface area contributed by atoms with Gasteiger partial charge >= 0.3 is 6.18 Å². The molecule has 3 aromatic rings. The number of aliphatic hydroxyl groups excluding tert-OH is 1. The molecule has 1 amide bonds. The number of hydrogen-bond acceptors (Lipinski definition) is 5. The van der Waals surface area contributed by atoms with Gasteiger partial charge in [0.05, 0.1) is 23.7 Å². The van der Waals surface area contributed by atoms with Gasteiger partial charge in [0.1, 0.15) is 11.3 Å². The predicted molar refractivity (Wildman–Crippen MR) is 101 cm³/mol. The normalized spacial score (nSPS) is 13.7. The van der Waals surface area contributed by atoms with Crippen LogP contribution in [-0.4, -0.2) is 49.4 Å². The van der Waals surface area contributed by atoms with Gasteiger partial charge in [-0.25, -0.2) is 13.2 Å². The number of nitrogens with zero attached hydrogens (tertiary/aromatic N) is 4. The van der Waals surface area contributed by atoms with E-state index in [1.165, 1.54) is 29.4 Å². The van der Waals surface area contributed by atoms with Crippen molar-refractivity contribution in [2.45, 2.75) is 25.0 Å². The highest BCUT2D eigenvalue weighted by molar-refractivity contribution is 5.95. The fourth-order valence-electron chi connectivity index (χ4n) is 2.74. The summed E-state index contributed by atoms with van der Waals surface area (Å²) in [5.74, 6) is -1.44. The number of aliphatic hydroxyl groups is 1. The number of carbonyl (C=O) groups is 1. The molecule has 2 heterocycles. The number of aromatic nitrogens is 4. The highest BCUT2D eigenvalue weighted by Crippen LogP contribution is 2.30. The first kappa shape index (κ1) is 24.0. The second-order valence-corrected chi connectivity index (χ2v) is 6.81. The molecule has 14 heteroatoms. The van der Waals surface area contributed by atoms with Gasteiger partial charge in [0.15, 0.2) is 6.10 Å². The summed E-state index contributed by atoms with van der Waals surface area (Å²) >= 11 is 0. The van der Waals surface area contributed by atoms with Gasteiger partial charge in [-0.15, -0.1) is 0 Å². The SMILES string of the molecule is Cn1cc(-n2nc(-c3ccc(C(F)(F)F)cc3)cc(C(=O)NC(F)C(O)C(F)F)c2=O)cn1. The Kier molecular flexibility index (Phi) is 6.58. The molecule has 176 valence electrons. The fourth-order valence-corrected chi connectivity index (χ4v) is 2.74. The van der Waals surface area contributed by atoms with E-state index in [1.807, 2.05) is 0 Å². The Hall–Kier alpha value is -3.68. The van der Waals surface area contributed by atoms with Gasteiger partial charge in [0.25, 0.3) is 17.9 Å². The third-order valence-corrected chi connectivity index (χ3v) is 4.43. The van der Waals surface area contributed by atoms with E-state index >= 15 is 0 Å². The van der Waals surface area contributed by atoms with Gasteiger partial charge in [-0.05, 0) is 18.2 Å². The fraction of sp³-hybridized carbons (Fsp3) is 0.263. The molecule has 1 aromatic carbocycles. The average molecular weight is 475 g/mol. The van der Waals surface area contributed by atoms with Crippen molar-refractivity contribution in [3.63, 3.8) is 0 Å². The van der Waals surface area contributed by atoms with Gasteiger partial charge in [-0.3, -0.25) is 14.3 Å². The zero-order valence-corrected chi connectivity index (χ0v) is 16.6. The first-order valence-corrected chi connectivity index (χ1v) is 9.10. The lowest BCUT2D eigenvalue weighted by atomic mass is 10.1. The summed E-state index contributed by atoms with van der Waals surface area (Å²) < 4.78 is 79.3. The van der Waals surface area contributed by atoms with E-state index in [1.54, 1.807) is 0 Å². The van der Waals surface area contributed by atoms with Gasteiger partial charge in [0, 0.05) is 12.6 Å². The molecule has 2 aromatic heterocycles. The second-order valence-electron chi connectivity index (χ2n) is 6.81. The minimum atomic E-state index is -4.60. The molecule has 0 spiro atoms. The van der Waals surface area contributed by atoms with Crippen molar-refractivity contribution in [3.8, 4) is 16.9 Å². The van der Waals surface area contributed by atoms with E-state index in [2.05, 4.69) is 10.2 Å². The monoisotopic (exact) mass is 475 g/mol. The molecule has 0 saturated heterocycles. The van der Waals surface area contributed by atoms with Gasteiger partial charge in [0.2, 0.25) is 6.30 Å². The van der Waals surface area contributed by atoms with Gasteiger partial charge < -0.3 is 10.4 Å². The summed E-state index contributed by atoms with van der Waals surface area (Å²) in [6.45, 7) is 0. The van der Waals surface area contributed by atoms with E-state index in [9.17, 15) is 35.9 Å². The van der Waals surface area contributed by atoms with Crippen molar-refractivity contribution < 1.29 is 36.2 Å². The third kappa shape index (κ3) is 5.22. The number of amides is 1. The second kappa shape index (κ2) is 9.05. The number of nitrogens with one attached hydrogen (secondary N) is 1. The molecular formula is C19H15F6N5O3. The largest absolute Gasteiger partial charge is 0.416 e. The van der Waals surface area contributed by atoms with Crippen LogP contribution in [0.25, 0.3) is 16.9 Å². The smallest absolute Gasteiger partial charge is 0.382 e. The standard InChI is InChI=1S/C19H15F6N5O3/c1-29-8-11(7-26-29)30-18(33)12(17(32)27-16(22)14(31)15(20)21)6-13(28-30)9-2-4-10(5-3-9)19(23,24)25/h2-8,14-16,31H,1H3,(H,27,32). The minimum Gasteiger partial charge on any atom is -0.382 e. The number of halogens is 6. The topological polar surface area (TPSA) is 102 Å². The van der Waals surface area contributed by atoms with Gasteiger partial charge in [-0.2, -0.15) is 28.1 Å². The molecule has 2 atom stereocenters. The summed E-state index contributed by atoms with van der Waals surface area (Å²) in [5, 5.41) is 18.4. The molecule has 0 bridgehead atoms. The Balaban J connectivity index is 2.09. The van der Waals surface area contributed by atoms with Crippen LogP contribution >= 0.6 is 0 Å². The van der Waals surface area contributed by atoms with E-state index < -0.39 is 47.6 Å². The van der Waals surface area contributed by atoms with E-state index in [4.69, 9.17) is 5.11 Å². The van der Waals surface area contributed by atoms with Crippen LogP contribution < -0.4 is 10.9 Å². The van der Waals surface area contributed by atoms with Crippen LogP contribution in [0, 0.1) is 0 Å². The Labute approximate surface area is 181 Å². The zero-order valence-electron chi connectivity index (χ0n) is 16.6. The Morgan fingerprint density at radius 1 is 1.15 bits per heavy atom. The third-order valence-electron chi connectivity index (χ3n) is 4.43. The molecule has 2 N–H and O–H groups in total. The summed E-state index contributed by atoms with van der Waals surface area (Å²) in [4.78, 5) is 25.2. The number of carbonyl (C=O) groups excluding carboxylic acids is 1. The Morgan fingerprint density at radius 2 is 1.79 bits per heavy atom. The number of benzene rings is 1. The van der Waals surface area contributed by atoms with Crippen LogP contribution in [0.15, 0.2) is 47.5 Å². The molecule has 3 rings (SSSR count). The maximum absolute atomic E-state index is 13.8. The van der Waals surface area contributed by atoms with Crippen LogP contribution in [0.4, 0.5) is 26.3 Å².